The average Bonchev–Trinajstić information content (AvgIpc) is 2.40. The predicted octanol–water partition coefficient (Wildman–Crippen LogP) is 5.09. The third kappa shape index (κ3) is 2.78. The first kappa shape index (κ1) is 14.4. The first-order valence-corrected chi connectivity index (χ1v) is 6.14. The van der Waals surface area contributed by atoms with Crippen molar-refractivity contribution in [2.45, 2.75) is 12.6 Å². The summed E-state index contributed by atoms with van der Waals surface area (Å²) in [6.07, 6.45) is -4.40. The fourth-order valence-corrected chi connectivity index (χ4v) is 2.27. The second-order valence-corrected chi connectivity index (χ2v) is 4.53. The molecule has 0 aliphatic rings. The summed E-state index contributed by atoms with van der Waals surface area (Å²) >= 11 is 6.13. The summed E-state index contributed by atoms with van der Waals surface area (Å²) in [6.45, 7) is 0. The highest BCUT2D eigenvalue weighted by molar-refractivity contribution is 6.34. The van der Waals surface area contributed by atoms with E-state index in [4.69, 9.17) is 16.9 Å². The van der Waals surface area contributed by atoms with Crippen molar-refractivity contribution in [2.24, 2.45) is 0 Å². The van der Waals surface area contributed by atoms with Crippen LogP contribution in [0.2, 0.25) is 5.02 Å². The molecular weight excluding hydrogens is 287 g/mol. The Morgan fingerprint density at radius 2 is 1.65 bits per heavy atom. The zero-order valence-corrected chi connectivity index (χ0v) is 11.0. The van der Waals surface area contributed by atoms with Crippen LogP contribution in [0.1, 0.15) is 11.1 Å². The molecule has 0 unspecified atom stereocenters. The highest BCUT2D eigenvalue weighted by Crippen LogP contribution is 2.40. The van der Waals surface area contributed by atoms with Crippen LogP contribution >= 0.6 is 11.6 Å². The average molecular weight is 296 g/mol. The van der Waals surface area contributed by atoms with E-state index in [9.17, 15) is 13.2 Å². The monoisotopic (exact) mass is 295 g/mol. The van der Waals surface area contributed by atoms with Crippen molar-refractivity contribution < 1.29 is 13.2 Å². The van der Waals surface area contributed by atoms with Gasteiger partial charge in [-0.25, -0.2) is 0 Å². The van der Waals surface area contributed by atoms with Crippen molar-refractivity contribution >= 4 is 11.6 Å². The van der Waals surface area contributed by atoms with Crippen LogP contribution in [0.5, 0.6) is 0 Å². The van der Waals surface area contributed by atoms with Gasteiger partial charge in [-0.15, -0.1) is 0 Å². The Bertz CT molecular complexity index is 672. The third-order valence-corrected chi connectivity index (χ3v) is 3.32. The van der Waals surface area contributed by atoms with Crippen molar-refractivity contribution in [1.82, 2.24) is 0 Å². The molecule has 0 radical (unpaired) electrons. The van der Waals surface area contributed by atoms with E-state index in [0.717, 1.165) is 6.07 Å². The lowest BCUT2D eigenvalue weighted by Crippen LogP contribution is -2.07. The Morgan fingerprint density at radius 1 is 1.00 bits per heavy atom. The lowest BCUT2D eigenvalue weighted by molar-refractivity contribution is -0.137. The number of halogens is 4. The Labute approximate surface area is 119 Å². The second-order valence-electron chi connectivity index (χ2n) is 4.16. The van der Waals surface area contributed by atoms with E-state index in [2.05, 4.69) is 0 Å². The molecule has 0 fully saturated rings. The normalized spacial score (nSPS) is 11.2. The third-order valence-electron chi connectivity index (χ3n) is 2.87. The molecule has 0 saturated heterocycles. The molecule has 5 heteroatoms. The van der Waals surface area contributed by atoms with Crippen molar-refractivity contribution in [3.63, 3.8) is 0 Å². The van der Waals surface area contributed by atoms with Crippen molar-refractivity contribution in [2.75, 3.05) is 0 Å². The van der Waals surface area contributed by atoms with E-state index >= 15 is 0 Å². The molecule has 0 aliphatic carbocycles. The number of nitrogens with zero attached hydrogens (tertiary/aromatic N) is 1. The van der Waals surface area contributed by atoms with Gasteiger partial charge in [-0.1, -0.05) is 48.0 Å². The van der Waals surface area contributed by atoms with Gasteiger partial charge in [0.05, 0.1) is 23.1 Å². The first-order valence-electron chi connectivity index (χ1n) is 5.76. The number of hydrogen-bond donors (Lipinski definition) is 0. The molecule has 1 nitrogen and oxygen atoms in total. The Kier molecular flexibility index (Phi) is 4.01. The minimum Gasteiger partial charge on any atom is -0.198 e. The van der Waals surface area contributed by atoms with Crippen molar-refractivity contribution in [3.8, 4) is 17.2 Å². The van der Waals surface area contributed by atoms with Gasteiger partial charge in [0.2, 0.25) is 0 Å². The Hall–Kier alpha value is -1.99. The summed E-state index contributed by atoms with van der Waals surface area (Å²) < 4.78 is 39.1. The maximum Gasteiger partial charge on any atom is 0.417 e. The molecule has 2 aromatic rings. The second kappa shape index (κ2) is 5.56. The van der Waals surface area contributed by atoms with Gasteiger partial charge in [-0.3, -0.25) is 0 Å². The molecule has 0 saturated carbocycles. The van der Waals surface area contributed by atoms with Gasteiger partial charge < -0.3 is 0 Å². The highest BCUT2D eigenvalue weighted by atomic mass is 35.5. The fraction of sp³-hybridized carbons (Fsp3) is 0.133. The summed E-state index contributed by atoms with van der Waals surface area (Å²) in [5.41, 5.74) is 0.0804. The lowest BCUT2D eigenvalue weighted by atomic mass is 9.97. The van der Waals surface area contributed by atoms with E-state index in [-0.39, 0.29) is 22.6 Å². The maximum atomic E-state index is 13.0. The SMILES string of the molecule is N#CCc1cccc(-c2ccccc2C(F)(F)F)c1Cl. The predicted molar refractivity (Wildman–Crippen MR) is 71.2 cm³/mol. The topological polar surface area (TPSA) is 23.8 Å². The van der Waals surface area contributed by atoms with Gasteiger partial charge >= 0.3 is 6.18 Å². The molecular formula is C15H9ClF3N. The van der Waals surface area contributed by atoms with E-state index in [0.29, 0.717) is 5.56 Å². The number of rotatable bonds is 2. The molecule has 0 aromatic heterocycles. The lowest BCUT2D eigenvalue weighted by Gasteiger charge is -2.14. The van der Waals surface area contributed by atoms with Crippen LogP contribution in [0.4, 0.5) is 13.2 Å². The number of hydrogen-bond acceptors (Lipinski definition) is 1. The molecule has 0 bridgehead atoms. The Morgan fingerprint density at radius 3 is 2.30 bits per heavy atom. The summed E-state index contributed by atoms with van der Waals surface area (Å²) in [4.78, 5) is 0. The minimum absolute atomic E-state index is 0.0183. The van der Waals surface area contributed by atoms with Crippen LogP contribution in [-0.2, 0) is 12.6 Å². The summed E-state index contributed by atoms with van der Waals surface area (Å²) in [5, 5.41) is 8.89. The zero-order chi connectivity index (χ0) is 14.8. The van der Waals surface area contributed by atoms with Gasteiger partial charge in [-0.05, 0) is 17.2 Å². The quantitative estimate of drug-likeness (QED) is 0.757. The summed E-state index contributed by atoms with van der Waals surface area (Å²) in [6, 6.07) is 11.9. The molecule has 0 atom stereocenters. The minimum atomic E-state index is -4.45. The standard InChI is InChI=1S/C15H9ClF3N/c16-14-10(8-9-20)4-3-6-12(14)11-5-1-2-7-13(11)15(17,18)19/h1-7H,8H2. The molecule has 2 rings (SSSR count). The van der Waals surface area contributed by atoms with Crippen LogP contribution in [0.15, 0.2) is 42.5 Å². The fourth-order valence-electron chi connectivity index (χ4n) is 1.97. The smallest absolute Gasteiger partial charge is 0.198 e. The van der Waals surface area contributed by atoms with E-state index in [1.165, 1.54) is 24.3 Å². The Balaban J connectivity index is 2.65. The molecule has 2 aromatic carbocycles. The largest absolute Gasteiger partial charge is 0.417 e. The van der Waals surface area contributed by atoms with Gasteiger partial charge in [0, 0.05) is 5.56 Å². The van der Waals surface area contributed by atoms with Crippen molar-refractivity contribution in [3.05, 3.63) is 58.6 Å². The van der Waals surface area contributed by atoms with Crippen LogP contribution in [0.25, 0.3) is 11.1 Å². The zero-order valence-electron chi connectivity index (χ0n) is 10.2. The molecule has 20 heavy (non-hydrogen) atoms. The highest BCUT2D eigenvalue weighted by Gasteiger charge is 2.33. The molecule has 0 aliphatic heterocycles. The molecule has 0 N–H and O–H groups in total. The first-order chi connectivity index (χ1) is 9.45. The van der Waals surface area contributed by atoms with Crippen molar-refractivity contribution in [1.29, 1.82) is 5.26 Å². The molecule has 102 valence electrons. The van der Waals surface area contributed by atoms with Crippen LogP contribution in [-0.4, -0.2) is 0 Å². The van der Waals surface area contributed by atoms with Crippen LogP contribution in [0.3, 0.4) is 0 Å². The van der Waals surface area contributed by atoms with E-state index in [1.807, 2.05) is 6.07 Å². The summed E-state index contributed by atoms with van der Waals surface area (Å²) in [7, 11) is 0. The van der Waals surface area contributed by atoms with Crippen LogP contribution < -0.4 is 0 Å². The van der Waals surface area contributed by atoms with E-state index < -0.39 is 11.7 Å². The molecule has 0 spiro atoms. The summed E-state index contributed by atoms with van der Waals surface area (Å²) in [5.74, 6) is 0. The molecule has 0 amide bonds. The van der Waals surface area contributed by atoms with Gasteiger partial charge in [0.25, 0.3) is 0 Å². The van der Waals surface area contributed by atoms with Gasteiger partial charge in [-0.2, -0.15) is 18.4 Å². The number of benzene rings is 2. The van der Waals surface area contributed by atoms with Gasteiger partial charge in [0.15, 0.2) is 0 Å². The van der Waals surface area contributed by atoms with Gasteiger partial charge in [0.1, 0.15) is 0 Å². The molecule has 0 heterocycles. The van der Waals surface area contributed by atoms with Crippen LogP contribution in [0, 0.1) is 11.3 Å². The number of nitriles is 1. The maximum absolute atomic E-state index is 13.0. The van der Waals surface area contributed by atoms with E-state index in [1.54, 1.807) is 12.1 Å². The number of alkyl halides is 3.